The van der Waals surface area contributed by atoms with Gasteiger partial charge in [-0.15, -0.1) is 0 Å². The van der Waals surface area contributed by atoms with Gasteiger partial charge in [0.05, 0.1) is 35.8 Å². The molecule has 2 aliphatic rings. The van der Waals surface area contributed by atoms with Crippen molar-refractivity contribution < 1.29 is 13.6 Å². The van der Waals surface area contributed by atoms with Gasteiger partial charge in [0.15, 0.2) is 11.6 Å². The number of hydrogen-bond acceptors (Lipinski definition) is 8. The monoisotopic (exact) mass is 647 g/mol. The van der Waals surface area contributed by atoms with Gasteiger partial charge >= 0.3 is 0 Å². The summed E-state index contributed by atoms with van der Waals surface area (Å²) < 4.78 is 26.6. The molecule has 0 unspecified atom stereocenters. The summed E-state index contributed by atoms with van der Waals surface area (Å²) in [7, 11) is 0. The standard InChI is InChI=1S/C36H35F2N9O/c37-28-5-1-25(2-6-28)35-31-18-32(27(19-39)17-33(31)43-44-35)40-20-24-9-11-45(12-10-24)23-34(48)47-15-13-46(14-16-47)30-7-3-26(4-8-30)36-41-21-29(38)22-42-36/h1-8,17-22,24,39H,9-16,23H2,(H,43,44). The number of aliphatic imine (C=N–C) groups is 1. The Balaban J connectivity index is 0.902. The Hall–Kier alpha value is -5.36. The summed E-state index contributed by atoms with van der Waals surface area (Å²) in [5.74, 6) is 0.153. The molecule has 2 aliphatic heterocycles. The molecule has 2 aromatic heterocycles. The second kappa shape index (κ2) is 13.8. The van der Waals surface area contributed by atoms with E-state index in [4.69, 9.17) is 10.4 Å². The fourth-order valence-corrected chi connectivity index (χ4v) is 6.36. The number of halogens is 2. The van der Waals surface area contributed by atoms with Gasteiger partial charge in [0.2, 0.25) is 5.91 Å². The van der Waals surface area contributed by atoms with Gasteiger partial charge in [-0.3, -0.25) is 19.8 Å². The summed E-state index contributed by atoms with van der Waals surface area (Å²) in [5.41, 5.74) is 5.58. The molecule has 0 atom stereocenters. The van der Waals surface area contributed by atoms with E-state index >= 15 is 0 Å². The zero-order valence-corrected chi connectivity index (χ0v) is 26.3. The summed E-state index contributed by atoms with van der Waals surface area (Å²) >= 11 is 0. The second-order valence-electron chi connectivity index (χ2n) is 12.2. The quantitative estimate of drug-likeness (QED) is 0.208. The number of carbonyl (C=O) groups is 1. The molecule has 0 aliphatic carbocycles. The van der Waals surface area contributed by atoms with E-state index in [1.807, 2.05) is 47.5 Å². The molecule has 2 N–H and O–H groups in total. The normalized spacial score (nSPS) is 16.2. The van der Waals surface area contributed by atoms with E-state index in [1.165, 1.54) is 18.3 Å². The number of rotatable bonds is 8. The first-order valence-corrected chi connectivity index (χ1v) is 16.1. The Labute approximate surface area is 276 Å². The predicted molar refractivity (Wildman–Crippen MR) is 183 cm³/mol. The van der Waals surface area contributed by atoms with Crippen LogP contribution in [0.2, 0.25) is 0 Å². The van der Waals surface area contributed by atoms with Crippen LogP contribution in [0, 0.1) is 23.0 Å². The Bertz CT molecular complexity index is 1930. The molecule has 244 valence electrons. The molecular weight excluding hydrogens is 612 g/mol. The van der Waals surface area contributed by atoms with Crippen LogP contribution in [0.15, 0.2) is 78.0 Å². The number of hydrogen-bond donors (Lipinski definition) is 2. The molecular formula is C36H35F2N9O. The van der Waals surface area contributed by atoms with E-state index in [0.29, 0.717) is 42.4 Å². The summed E-state index contributed by atoms with van der Waals surface area (Å²) in [6, 6.07) is 17.9. The Morgan fingerprint density at radius 1 is 0.896 bits per heavy atom. The third-order valence-electron chi connectivity index (χ3n) is 9.14. The van der Waals surface area contributed by atoms with Crippen molar-refractivity contribution in [1.29, 1.82) is 5.41 Å². The number of aromatic nitrogens is 4. The van der Waals surface area contributed by atoms with Gasteiger partial charge in [0.25, 0.3) is 0 Å². The molecule has 48 heavy (non-hydrogen) atoms. The van der Waals surface area contributed by atoms with Crippen molar-refractivity contribution >= 4 is 40.6 Å². The first kappa shape index (κ1) is 31.3. The van der Waals surface area contributed by atoms with Crippen LogP contribution < -0.4 is 4.90 Å². The van der Waals surface area contributed by atoms with Gasteiger partial charge in [-0.05, 0) is 92.5 Å². The number of H-pyrrole nitrogens is 1. The van der Waals surface area contributed by atoms with Crippen LogP contribution in [0.1, 0.15) is 18.4 Å². The average molecular weight is 648 g/mol. The van der Waals surface area contributed by atoms with Crippen LogP contribution >= 0.6 is 0 Å². The van der Waals surface area contributed by atoms with Crippen molar-refractivity contribution in [3.8, 4) is 22.6 Å². The van der Waals surface area contributed by atoms with Crippen LogP contribution in [0.4, 0.5) is 20.2 Å². The smallest absolute Gasteiger partial charge is 0.236 e. The lowest BCUT2D eigenvalue weighted by Gasteiger charge is -2.38. The van der Waals surface area contributed by atoms with Gasteiger partial charge in [-0.2, -0.15) is 5.10 Å². The highest BCUT2D eigenvalue weighted by Crippen LogP contribution is 2.32. The minimum Gasteiger partial charge on any atom is -0.368 e. The molecule has 0 spiro atoms. The van der Waals surface area contributed by atoms with E-state index < -0.39 is 5.82 Å². The van der Waals surface area contributed by atoms with Crippen molar-refractivity contribution in [2.24, 2.45) is 10.9 Å². The Kier molecular flexibility index (Phi) is 8.97. The van der Waals surface area contributed by atoms with Crippen LogP contribution in [0.5, 0.6) is 0 Å². The average Bonchev–Trinajstić information content (AvgIpc) is 3.54. The zero-order chi connectivity index (χ0) is 33.0. The molecule has 1 amide bonds. The van der Waals surface area contributed by atoms with Gasteiger partial charge < -0.3 is 15.2 Å². The second-order valence-corrected chi connectivity index (χ2v) is 12.2. The van der Waals surface area contributed by atoms with Crippen molar-refractivity contribution in [2.45, 2.75) is 12.8 Å². The van der Waals surface area contributed by atoms with Gasteiger partial charge in [-0.1, -0.05) is 0 Å². The number of piperidine rings is 1. The minimum atomic E-state index is -0.461. The van der Waals surface area contributed by atoms with Crippen LogP contribution in [0.25, 0.3) is 33.5 Å². The first-order valence-electron chi connectivity index (χ1n) is 16.1. The number of fused-ring (bicyclic) bond motifs is 1. The van der Waals surface area contributed by atoms with Crippen LogP contribution in [0.3, 0.4) is 0 Å². The van der Waals surface area contributed by atoms with Crippen molar-refractivity contribution in [3.63, 3.8) is 0 Å². The third kappa shape index (κ3) is 6.84. The molecule has 3 aromatic carbocycles. The topological polar surface area (TPSA) is 117 Å². The van der Waals surface area contributed by atoms with Crippen LogP contribution in [-0.4, -0.2) is 94.1 Å². The molecule has 0 bridgehead atoms. The predicted octanol–water partition coefficient (Wildman–Crippen LogP) is 5.73. The highest BCUT2D eigenvalue weighted by atomic mass is 19.1. The van der Waals surface area contributed by atoms with Crippen molar-refractivity contribution in [3.05, 3.63) is 90.3 Å². The number of anilines is 1. The molecule has 4 heterocycles. The summed E-state index contributed by atoms with van der Waals surface area (Å²) in [6.45, 7) is 4.90. The molecule has 10 nitrogen and oxygen atoms in total. The summed E-state index contributed by atoms with van der Waals surface area (Å²) in [5, 5.41) is 16.2. The fraction of sp³-hybridized carbons (Fsp3) is 0.278. The van der Waals surface area contributed by atoms with E-state index in [1.54, 1.807) is 12.1 Å². The number of aromatic amines is 1. The largest absolute Gasteiger partial charge is 0.368 e. The lowest BCUT2D eigenvalue weighted by Crippen LogP contribution is -2.52. The number of benzene rings is 3. The molecule has 2 fully saturated rings. The Morgan fingerprint density at radius 2 is 1.58 bits per heavy atom. The van der Waals surface area contributed by atoms with E-state index in [0.717, 1.165) is 79.1 Å². The Morgan fingerprint density at radius 3 is 2.27 bits per heavy atom. The summed E-state index contributed by atoms with van der Waals surface area (Å²) in [6.07, 6.45) is 7.40. The number of nitrogens with one attached hydrogen (secondary N) is 2. The molecule has 0 radical (unpaired) electrons. The number of likely N-dealkylation sites (tertiary alicyclic amines) is 1. The first-order chi connectivity index (χ1) is 23.4. The molecule has 0 saturated carbocycles. The zero-order valence-electron chi connectivity index (χ0n) is 26.3. The van der Waals surface area contributed by atoms with Gasteiger partial charge in [0.1, 0.15) is 5.82 Å². The number of amides is 1. The maximum Gasteiger partial charge on any atom is 0.236 e. The van der Waals surface area contributed by atoms with Gasteiger partial charge in [-0.25, -0.2) is 18.7 Å². The van der Waals surface area contributed by atoms with Crippen LogP contribution in [-0.2, 0) is 4.79 Å². The number of carbonyl (C=O) groups excluding carboxylic acids is 1. The van der Waals surface area contributed by atoms with Crippen molar-refractivity contribution in [2.75, 3.05) is 50.7 Å². The van der Waals surface area contributed by atoms with Gasteiger partial charge in [0, 0.05) is 66.4 Å². The minimum absolute atomic E-state index is 0.159. The van der Waals surface area contributed by atoms with E-state index in [2.05, 4.69) is 30.0 Å². The molecule has 7 rings (SSSR count). The highest BCUT2D eigenvalue weighted by molar-refractivity contribution is 6.00. The van der Waals surface area contributed by atoms with Crippen molar-refractivity contribution in [1.82, 2.24) is 30.0 Å². The highest BCUT2D eigenvalue weighted by Gasteiger charge is 2.25. The maximum atomic E-state index is 13.5. The number of piperazine rings is 1. The lowest BCUT2D eigenvalue weighted by molar-refractivity contribution is -0.133. The van der Waals surface area contributed by atoms with E-state index in [9.17, 15) is 13.6 Å². The molecule has 5 aromatic rings. The lowest BCUT2D eigenvalue weighted by atomic mass is 9.98. The maximum absolute atomic E-state index is 13.5. The fourth-order valence-electron chi connectivity index (χ4n) is 6.36. The third-order valence-corrected chi connectivity index (χ3v) is 9.14. The summed E-state index contributed by atoms with van der Waals surface area (Å²) in [4.78, 5) is 32.5. The SMILES string of the molecule is N=Cc1cc2[nH]nc(-c3ccc(F)cc3)c2cc1N=CC1CCN(CC(=O)N2CCN(c3ccc(-c4ncc(F)cn4)cc3)CC2)CC1. The van der Waals surface area contributed by atoms with E-state index in [-0.39, 0.29) is 17.6 Å². The molecule has 12 heteroatoms. The molecule has 2 saturated heterocycles. The number of nitrogens with zero attached hydrogens (tertiary/aromatic N) is 7.